The van der Waals surface area contributed by atoms with Gasteiger partial charge in [0.1, 0.15) is 0 Å². The van der Waals surface area contributed by atoms with Gasteiger partial charge >= 0.3 is 5.97 Å². The zero-order chi connectivity index (χ0) is 15.4. The van der Waals surface area contributed by atoms with Gasteiger partial charge in [0.15, 0.2) is 0 Å². The second kappa shape index (κ2) is 7.01. The Morgan fingerprint density at radius 3 is 2.77 bits per heavy atom. The lowest BCUT2D eigenvalue weighted by Gasteiger charge is -2.14. The van der Waals surface area contributed by atoms with Crippen LogP contribution < -0.4 is 0 Å². The molecule has 1 N–H and O–H groups in total. The first-order valence-corrected chi connectivity index (χ1v) is 8.86. The third-order valence-electron chi connectivity index (χ3n) is 3.96. The summed E-state index contributed by atoms with van der Waals surface area (Å²) >= 11 is 1.66. The van der Waals surface area contributed by atoms with E-state index in [2.05, 4.69) is 16.8 Å². The monoisotopic (exact) mass is 316 g/mol. The third-order valence-corrected chi connectivity index (χ3v) is 4.93. The maximum atomic E-state index is 10.6. The molecule has 0 fully saturated rings. The van der Waals surface area contributed by atoms with E-state index >= 15 is 0 Å². The summed E-state index contributed by atoms with van der Waals surface area (Å²) in [6.07, 6.45) is 4.83. The Bertz CT molecular complexity index is 652. The van der Waals surface area contributed by atoms with Crippen LogP contribution in [0.4, 0.5) is 0 Å². The fourth-order valence-electron chi connectivity index (χ4n) is 2.90. The lowest BCUT2D eigenvalue weighted by Crippen LogP contribution is -2.07. The fraction of sp³-hybridized carbons (Fsp3) is 0.412. The molecule has 4 nitrogen and oxygen atoms in total. The number of hydrogen-bond acceptors (Lipinski definition) is 3. The van der Waals surface area contributed by atoms with Crippen molar-refractivity contribution in [1.29, 1.82) is 0 Å². The predicted octanol–water partition coefficient (Wildman–Crippen LogP) is 3.46. The van der Waals surface area contributed by atoms with E-state index < -0.39 is 5.97 Å². The highest BCUT2D eigenvalue weighted by atomic mass is 32.2. The van der Waals surface area contributed by atoms with Crippen LogP contribution in [0.25, 0.3) is 5.69 Å². The molecule has 1 aliphatic carbocycles. The van der Waals surface area contributed by atoms with Gasteiger partial charge in [0, 0.05) is 17.2 Å². The SMILES string of the molecule is O=C(O)CCSCc1nn(-c2ccccc2)c2c1CCCC2. The molecule has 0 atom stereocenters. The number of carboxylic acids is 1. The summed E-state index contributed by atoms with van der Waals surface area (Å²) in [6.45, 7) is 0. The Kier molecular flexibility index (Phi) is 4.83. The van der Waals surface area contributed by atoms with E-state index in [0.29, 0.717) is 5.75 Å². The normalized spacial score (nSPS) is 13.8. The van der Waals surface area contributed by atoms with Gasteiger partial charge in [-0.2, -0.15) is 16.9 Å². The van der Waals surface area contributed by atoms with Gasteiger partial charge in [-0.25, -0.2) is 4.68 Å². The van der Waals surface area contributed by atoms with Crippen LogP contribution in [0.1, 0.15) is 36.2 Å². The van der Waals surface area contributed by atoms with Crippen LogP contribution >= 0.6 is 11.8 Å². The van der Waals surface area contributed by atoms with Gasteiger partial charge in [-0.1, -0.05) is 18.2 Å². The number of aliphatic carboxylic acids is 1. The first-order valence-electron chi connectivity index (χ1n) is 7.70. The molecule has 5 heteroatoms. The minimum absolute atomic E-state index is 0.215. The first kappa shape index (κ1) is 15.2. The zero-order valence-corrected chi connectivity index (χ0v) is 13.3. The van der Waals surface area contributed by atoms with Crippen molar-refractivity contribution in [3.05, 3.63) is 47.3 Å². The molecule has 0 bridgehead atoms. The van der Waals surface area contributed by atoms with Gasteiger partial charge in [0.05, 0.1) is 17.8 Å². The van der Waals surface area contributed by atoms with E-state index in [-0.39, 0.29) is 6.42 Å². The fourth-order valence-corrected chi connectivity index (χ4v) is 3.79. The molecule has 0 spiro atoms. The Morgan fingerprint density at radius 1 is 1.23 bits per heavy atom. The van der Waals surface area contributed by atoms with Crippen molar-refractivity contribution in [2.45, 2.75) is 37.9 Å². The van der Waals surface area contributed by atoms with E-state index in [4.69, 9.17) is 10.2 Å². The number of benzene rings is 1. The van der Waals surface area contributed by atoms with Gasteiger partial charge in [-0.15, -0.1) is 0 Å². The molecule has 0 saturated carbocycles. The molecule has 1 aromatic heterocycles. The topological polar surface area (TPSA) is 55.1 Å². The standard InChI is InChI=1S/C17H20N2O2S/c20-17(21)10-11-22-12-15-14-8-4-5-9-16(14)19(18-15)13-6-2-1-3-7-13/h1-3,6-7H,4-5,8-12H2,(H,20,21). The molecule has 3 rings (SSSR count). The second-order valence-electron chi connectivity index (χ2n) is 5.52. The third kappa shape index (κ3) is 3.35. The molecule has 116 valence electrons. The number of nitrogens with zero attached hydrogens (tertiary/aromatic N) is 2. The van der Waals surface area contributed by atoms with Crippen LogP contribution in [0, 0.1) is 0 Å². The maximum absolute atomic E-state index is 10.6. The minimum atomic E-state index is -0.732. The predicted molar refractivity (Wildman–Crippen MR) is 88.6 cm³/mol. The van der Waals surface area contributed by atoms with E-state index in [0.717, 1.165) is 30.0 Å². The number of hydrogen-bond donors (Lipinski definition) is 1. The lowest BCUT2D eigenvalue weighted by molar-refractivity contribution is -0.136. The van der Waals surface area contributed by atoms with Crippen molar-refractivity contribution < 1.29 is 9.90 Å². The summed E-state index contributed by atoms with van der Waals surface area (Å²) in [4.78, 5) is 10.6. The maximum Gasteiger partial charge on any atom is 0.304 e. The van der Waals surface area contributed by atoms with Crippen molar-refractivity contribution in [3.63, 3.8) is 0 Å². The summed E-state index contributed by atoms with van der Waals surface area (Å²) in [5.41, 5.74) is 4.97. The highest BCUT2D eigenvalue weighted by Gasteiger charge is 2.21. The largest absolute Gasteiger partial charge is 0.481 e. The number of aromatic nitrogens is 2. The van der Waals surface area contributed by atoms with Gasteiger partial charge in [-0.05, 0) is 43.4 Å². The molecule has 0 unspecified atom stereocenters. The Hall–Kier alpha value is -1.75. The zero-order valence-electron chi connectivity index (χ0n) is 12.5. The smallest absolute Gasteiger partial charge is 0.304 e. The molecule has 0 radical (unpaired) electrons. The summed E-state index contributed by atoms with van der Waals surface area (Å²) < 4.78 is 2.08. The summed E-state index contributed by atoms with van der Waals surface area (Å²) in [7, 11) is 0. The van der Waals surface area contributed by atoms with Crippen LogP contribution in [-0.4, -0.2) is 26.6 Å². The highest BCUT2D eigenvalue weighted by Crippen LogP contribution is 2.29. The molecule has 1 aliphatic rings. The van der Waals surface area contributed by atoms with E-state index in [9.17, 15) is 4.79 Å². The molecule has 1 heterocycles. The lowest BCUT2D eigenvalue weighted by atomic mass is 9.96. The van der Waals surface area contributed by atoms with Gasteiger partial charge in [0.25, 0.3) is 0 Å². The molecule has 0 saturated heterocycles. The quantitative estimate of drug-likeness (QED) is 0.829. The first-order chi connectivity index (χ1) is 10.8. The van der Waals surface area contributed by atoms with E-state index in [1.807, 2.05) is 18.2 Å². The number of carboxylic acid groups (broad SMARTS) is 1. The van der Waals surface area contributed by atoms with Crippen molar-refractivity contribution in [3.8, 4) is 5.69 Å². The molecule has 2 aromatic rings. The summed E-state index contributed by atoms with van der Waals surface area (Å²) in [6, 6.07) is 10.3. The summed E-state index contributed by atoms with van der Waals surface area (Å²) in [5.74, 6) is 0.710. The molecular formula is C17H20N2O2S. The molecule has 0 aliphatic heterocycles. The molecular weight excluding hydrogens is 296 g/mol. The van der Waals surface area contributed by atoms with Crippen LogP contribution in [0.5, 0.6) is 0 Å². The van der Waals surface area contributed by atoms with Crippen molar-refractivity contribution in [2.24, 2.45) is 0 Å². The Labute approximate surface area is 134 Å². The highest BCUT2D eigenvalue weighted by molar-refractivity contribution is 7.98. The number of fused-ring (bicyclic) bond motifs is 1. The molecule has 22 heavy (non-hydrogen) atoms. The number of thioether (sulfide) groups is 1. The van der Waals surface area contributed by atoms with Gasteiger partial charge in [0.2, 0.25) is 0 Å². The Morgan fingerprint density at radius 2 is 2.00 bits per heavy atom. The van der Waals surface area contributed by atoms with Gasteiger partial charge in [-0.3, -0.25) is 4.79 Å². The Balaban J connectivity index is 1.81. The average Bonchev–Trinajstić information content (AvgIpc) is 2.91. The molecule has 0 amide bonds. The summed E-state index contributed by atoms with van der Waals surface area (Å²) in [5, 5.41) is 13.5. The number of rotatable bonds is 6. The number of carbonyl (C=O) groups is 1. The van der Waals surface area contributed by atoms with Crippen LogP contribution in [0.15, 0.2) is 30.3 Å². The van der Waals surface area contributed by atoms with Crippen molar-refractivity contribution >= 4 is 17.7 Å². The minimum Gasteiger partial charge on any atom is -0.481 e. The van der Waals surface area contributed by atoms with Gasteiger partial charge < -0.3 is 5.11 Å². The van der Waals surface area contributed by atoms with Crippen LogP contribution in [-0.2, 0) is 23.4 Å². The van der Waals surface area contributed by atoms with Crippen LogP contribution in [0.3, 0.4) is 0 Å². The number of para-hydroxylation sites is 1. The van der Waals surface area contributed by atoms with E-state index in [1.54, 1.807) is 11.8 Å². The average molecular weight is 316 g/mol. The van der Waals surface area contributed by atoms with E-state index in [1.165, 1.54) is 24.1 Å². The van der Waals surface area contributed by atoms with Crippen molar-refractivity contribution in [1.82, 2.24) is 9.78 Å². The second-order valence-corrected chi connectivity index (χ2v) is 6.63. The van der Waals surface area contributed by atoms with Crippen LogP contribution in [0.2, 0.25) is 0 Å². The van der Waals surface area contributed by atoms with Crippen molar-refractivity contribution in [2.75, 3.05) is 5.75 Å². The molecule has 1 aromatic carbocycles.